The van der Waals surface area contributed by atoms with Gasteiger partial charge >= 0.3 is 0 Å². The summed E-state index contributed by atoms with van der Waals surface area (Å²) < 4.78 is 2.89. The molecular formula is C13H23BrN4O. The van der Waals surface area contributed by atoms with Crippen LogP contribution in [0.4, 0.5) is 0 Å². The molecule has 0 spiro atoms. The van der Waals surface area contributed by atoms with E-state index in [1.807, 2.05) is 10.9 Å². The Hall–Kier alpha value is -0.430. The minimum atomic E-state index is -0.287. The van der Waals surface area contributed by atoms with Crippen LogP contribution < -0.4 is 5.32 Å². The van der Waals surface area contributed by atoms with Gasteiger partial charge in [0.25, 0.3) is 0 Å². The number of hydrogen-bond donors (Lipinski definition) is 2. The van der Waals surface area contributed by atoms with Crippen LogP contribution in [-0.2, 0) is 6.54 Å². The highest BCUT2D eigenvalue weighted by Gasteiger charge is 2.16. The minimum Gasteiger partial charge on any atom is -0.390 e. The molecule has 1 fully saturated rings. The number of β-amino-alcohol motifs (C(OH)–C–C–N with tert-alkyl or cyclic N) is 1. The zero-order valence-electron chi connectivity index (χ0n) is 11.4. The van der Waals surface area contributed by atoms with Crippen molar-refractivity contribution in [2.24, 2.45) is 0 Å². The van der Waals surface area contributed by atoms with Crippen LogP contribution in [0.15, 0.2) is 16.9 Å². The van der Waals surface area contributed by atoms with Gasteiger partial charge in [0, 0.05) is 25.3 Å². The van der Waals surface area contributed by atoms with Crippen LogP contribution in [-0.4, -0.2) is 58.1 Å². The monoisotopic (exact) mass is 330 g/mol. The van der Waals surface area contributed by atoms with Crippen LogP contribution in [0.1, 0.15) is 19.8 Å². The molecule has 1 aromatic rings. The second-order valence-corrected chi connectivity index (χ2v) is 6.27. The van der Waals surface area contributed by atoms with Gasteiger partial charge in [0.1, 0.15) is 0 Å². The van der Waals surface area contributed by atoms with Gasteiger partial charge in [-0.05, 0) is 48.8 Å². The van der Waals surface area contributed by atoms with Gasteiger partial charge in [-0.15, -0.1) is 0 Å². The van der Waals surface area contributed by atoms with Crippen molar-refractivity contribution in [1.82, 2.24) is 20.0 Å². The smallest absolute Gasteiger partial charge is 0.0791 e. The van der Waals surface area contributed by atoms with E-state index in [1.54, 1.807) is 6.20 Å². The van der Waals surface area contributed by atoms with E-state index in [2.05, 4.69) is 38.2 Å². The van der Waals surface area contributed by atoms with Crippen molar-refractivity contribution in [3.63, 3.8) is 0 Å². The lowest BCUT2D eigenvalue weighted by Crippen LogP contribution is -2.41. The molecule has 19 heavy (non-hydrogen) atoms. The van der Waals surface area contributed by atoms with Crippen molar-refractivity contribution >= 4 is 15.9 Å². The van der Waals surface area contributed by atoms with E-state index in [1.165, 1.54) is 12.8 Å². The third kappa shape index (κ3) is 5.22. The number of nitrogens with zero attached hydrogens (tertiary/aromatic N) is 3. The van der Waals surface area contributed by atoms with Crippen molar-refractivity contribution in [3.8, 4) is 0 Å². The lowest BCUT2D eigenvalue weighted by atomic mass is 10.2. The average molecular weight is 331 g/mol. The molecule has 2 unspecified atom stereocenters. The fraction of sp³-hybridized carbons (Fsp3) is 0.769. The van der Waals surface area contributed by atoms with E-state index in [4.69, 9.17) is 0 Å². The molecule has 0 amide bonds. The Balaban J connectivity index is 1.63. The number of aromatic nitrogens is 2. The first kappa shape index (κ1) is 15.0. The molecule has 1 aliphatic heterocycles. The summed E-state index contributed by atoms with van der Waals surface area (Å²) >= 11 is 3.38. The van der Waals surface area contributed by atoms with Crippen molar-refractivity contribution in [2.75, 3.05) is 26.2 Å². The predicted octanol–water partition coefficient (Wildman–Crippen LogP) is 1.08. The van der Waals surface area contributed by atoms with E-state index < -0.39 is 0 Å². The van der Waals surface area contributed by atoms with E-state index in [-0.39, 0.29) is 6.10 Å². The highest BCUT2D eigenvalue weighted by atomic mass is 79.9. The summed E-state index contributed by atoms with van der Waals surface area (Å²) in [5, 5.41) is 17.6. The SMILES string of the molecule is CC(Cn1cc(Br)cn1)NCC(O)CN1CCCC1. The number of likely N-dealkylation sites (tertiary alicyclic amines) is 1. The van der Waals surface area contributed by atoms with E-state index in [0.717, 1.165) is 30.7 Å². The number of aliphatic hydroxyl groups excluding tert-OH is 1. The first-order valence-electron chi connectivity index (χ1n) is 6.95. The molecule has 0 aromatic carbocycles. The normalized spacial score (nSPS) is 19.7. The lowest BCUT2D eigenvalue weighted by Gasteiger charge is -2.21. The fourth-order valence-corrected chi connectivity index (χ4v) is 2.78. The average Bonchev–Trinajstić information content (AvgIpc) is 2.99. The first-order chi connectivity index (χ1) is 9.13. The molecule has 1 saturated heterocycles. The molecule has 2 atom stereocenters. The minimum absolute atomic E-state index is 0.287. The maximum absolute atomic E-state index is 9.99. The summed E-state index contributed by atoms with van der Waals surface area (Å²) in [4.78, 5) is 2.33. The fourth-order valence-electron chi connectivity index (χ4n) is 2.45. The quantitative estimate of drug-likeness (QED) is 0.785. The number of hydrogen-bond acceptors (Lipinski definition) is 4. The second kappa shape index (κ2) is 7.38. The topological polar surface area (TPSA) is 53.3 Å². The zero-order chi connectivity index (χ0) is 13.7. The van der Waals surface area contributed by atoms with Crippen LogP contribution in [0.25, 0.3) is 0 Å². The van der Waals surface area contributed by atoms with E-state index >= 15 is 0 Å². The van der Waals surface area contributed by atoms with Crippen LogP contribution in [0.2, 0.25) is 0 Å². The molecule has 2 heterocycles. The number of nitrogens with one attached hydrogen (secondary N) is 1. The third-order valence-electron chi connectivity index (χ3n) is 3.43. The van der Waals surface area contributed by atoms with Crippen molar-refractivity contribution < 1.29 is 5.11 Å². The van der Waals surface area contributed by atoms with Gasteiger partial charge in [0.05, 0.1) is 23.3 Å². The van der Waals surface area contributed by atoms with Crippen LogP contribution in [0.5, 0.6) is 0 Å². The van der Waals surface area contributed by atoms with Crippen molar-refractivity contribution in [2.45, 2.75) is 38.5 Å². The molecule has 2 N–H and O–H groups in total. The Morgan fingerprint density at radius 1 is 1.42 bits per heavy atom. The Morgan fingerprint density at radius 3 is 2.79 bits per heavy atom. The van der Waals surface area contributed by atoms with Crippen molar-refractivity contribution in [3.05, 3.63) is 16.9 Å². The van der Waals surface area contributed by atoms with Gasteiger partial charge in [-0.2, -0.15) is 5.10 Å². The Bertz CT molecular complexity index is 378. The number of rotatable bonds is 7. The molecule has 1 aliphatic rings. The van der Waals surface area contributed by atoms with Gasteiger partial charge in [0.15, 0.2) is 0 Å². The number of halogens is 1. The molecule has 2 rings (SSSR count). The summed E-state index contributed by atoms with van der Waals surface area (Å²) in [7, 11) is 0. The van der Waals surface area contributed by atoms with Crippen LogP contribution in [0, 0.1) is 0 Å². The maximum Gasteiger partial charge on any atom is 0.0791 e. The van der Waals surface area contributed by atoms with E-state index in [9.17, 15) is 5.11 Å². The molecule has 0 bridgehead atoms. The van der Waals surface area contributed by atoms with Gasteiger partial charge < -0.3 is 15.3 Å². The van der Waals surface area contributed by atoms with E-state index in [0.29, 0.717) is 12.6 Å². The van der Waals surface area contributed by atoms with Gasteiger partial charge in [-0.1, -0.05) is 0 Å². The Labute approximate surface area is 123 Å². The summed E-state index contributed by atoms with van der Waals surface area (Å²) in [5.41, 5.74) is 0. The highest BCUT2D eigenvalue weighted by Crippen LogP contribution is 2.08. The van der Waals surface area contributed by atoms with Gasteiger partial charge in [-0.3, -0.25) is 4.68 Å². The molecular weight excluding hydrogens is 308 g/mol. The summed E-state index contributed by atoms with van der Waals surface area (Å²) in [6.45, 7) is 6.61. The summed E-state index contributed by atoms with van der Waals surface area (Å²) in [6, 6.07) is 0.292. The zero-order valence-corrected chi connectivity index (χ0v) is 13.0. The largest absolute Gasteiger partial charge is 0.390 e. The van der Waals surface area contributed by atoms with Crippen molar-refractivity contribution in [1.29, 1.82) is 0 Å². The highest BCUT2D eigenvalue weighted by molar-refractivity contribution is 9.10. The molecule has 6 heteroatoms. The third-order valence-corrected chi connectivity index (χ3v) is 3.84. The molecule has 5 nitrogen and oxygen atoms in total. The Kier molecular flexibility index (Phi) is 5.81. The van der Waals surface area contributed by atoms with Crippen LogP contribution in [0.3, 0.4) is 0 Å². The standard InChI is InChI=1S/C13H23BrN4O/c1-11(8-18-9-12(14)6-16-18)15-7-13(19)10-17-4-2-3-5-17/h6,9,11,13,15,19H,2-5,7-8,10H2,1H3. The number of aliphatic hydroxyl groups is 1. The predicted molar refractivity (Wildman–Crippen MR) is 79.1 cm³/mol. The maximum atomic E-state index is 9.99. The molecule has 1 aromatic heterocycles. The van der Waals surface area contributed by atoms with Gasteiger partial charge in [0.2, 0.25) is 0 Å². The molecule has 0 radical (unpaired) electrons. The Morgan fingerprint density at radius 2 is 2.16 bits per heavy atom. The van der Waals surface area contributed by atoms with Crippen LogP contribution >= 0.6 is 15.9 Å². The summed E-state index contributed by atoms with van der Waals surface area (Å²) in [5.74, 6) is 0. The molecule has 108 valence electrons. The molecule has 0 saturated carbocycles. The van der Waals surface area contributed by atoms with Gasteiger partial charge in [-0.25, -0.2) is 0 Å². The summed E-state index contributed by atoms with van der Waals surface area (Å²) in [6.07, 6.45) is 5.99. The lowest BCUT2D eigenvalue weighted by molar-refractivity contribution is 0.120. The first-order valence-corrected chi connectivity index (χ1v) is 7.74. The second-order valence-electron chi connectivity index (χ2n) is 5.35. The molecule has 0 aliphatic carbocycles.